The van der Waals surface area contributed by atoms with E-state index in [1.807, 2.05) is 43.3 Å². The lowest BCUT2D eigenvalue weighted by Gasteiger charge is -2.34. The van der Waals surface area contributed by atoms with Gasteiger partial charge in [-0.15, -0.1) is 0 Å². The number of hydrogen-bond donors (Lipinski definition) is 1. The Hall–Kier alpha value is -2.56. The molecule has 0 fully saturated rings. The van der Waals surface area contributed by atoms with Crippen LogP contribution in [-0.4, -0.2) is 34.5 Å². The van der Waals surface area contributed by atoms with E-state index < -0.39 is 0 Å². The SMILES string of the molecule is CCOc1ccc(N=C(Nc2cccnc2)N(C(C)C)C(C)C)cc1. The Morgan fingerprint density at radius 1 is 1.12 bits per heavy atom. The Kier molecular flexibility index (Phi) is 6.81. The van der Waals surface area contributed by atoms with Gasteiger partial charge in [0.05, 0.1) is 24.2 Å². The third kappa shape index (κ3) is 5.48. The predicted octanol–water partition coefficient (Wildman–Crippen LogP) is 4.70. The molecule has 1 heterocycles. The summed E-state index contributed by atoms with van der Waals surface area (Å²) in [5.41, 5.74) is 1.79. The number of hydrogen-bond acceptors (Lipinski definition) is 3. The van der Waals surface area contributed by atoms with Crippen molar-refractivity contribution in [3.8, 4) is 5.75 Å². The minimum Gasteiger partial charge on any atom is -0.494 e. The first-order chi connectivity index (χ1) is 12.0. The zero-order valence-electron chi connectivity index (χ0n) is 15.7. The second-order valence-electron chi connectivity index (χ2n) is 6.32. The zero-order valence-corrected chi connectivity index (χ0v) is 15.7. The van der Waals surface area contributed by atoms with Gasteiger partial charge in [-0.3, -0.25) is 4.98 Å². The monoisotopic (exact) mass is 340 g/mol. The Morgan fingerprint density at radius 3 is 2.32 bits per heavy atom. The van der Waals surface area contributed by atoms with E-state index in [0.717, 1.165) is 23.1 Å². The molecule has 0 spiro atoms. The van der Waals surface area contributed by atoms with Gasteiger partial charge in [-0.05, 0) is 71.0 Å². The van der Waals surface area contributed by atoms with Gasteiger partial charge in [0.2, 0.25) is 5.96 Å². The van der Waals surface area contributed by atoms with E-state index in [-0.39, 0.29) is 0 Å². The largest absolute Gasteiger partial charge is 0.494 e. The third-order valence-corrected chi connectivity index (χ3v) is 3.66. The van der Waals surface area contributed by atoms with Crippen LogP contribution in [0.4, 0.5) is 11.4 Å². The van der Waals surface area contributed by atoms with Crippen LogP contribution in [0.3, 0.4) is 0 Å². The van der Waals surface area contributed by atoms with E-state index in [4.69, 9.17) is 9.73 Å². The first-order valence-corrected chi connectivity index (χ1v) is 8.78. The molecule has 0 aliphatic rings. The van der Waals surface area contributed by atoms with Crippen molar-refractivity contribution in [2.45, 2.75) is 46.7 Å². The summed E-state index contributed by atoms with van der Waals surface area (Å²) in [6, 6.07) is 12.3. The highest BCUT2D eigenvalue weighted by atomic mass is 16.5. The van der Waals surface area contributed by atoms with E-state index in [1.54, 1.807) is 12.4 Å². The molecular weight excluding hydrogens is 312 g/mol. The molecule has 0 amide bonds. The highest BCUT2D eigenvalue weighted by Gasteiger charge is 2.19. The van der Waals surface area contributed by atoms with E-state index >= 15 is 0 Å². The van der Waals surface area contributed by atoms with Crippen LogP contribution in [0.1, 0.15) is 34.6 Å². The molecule has 1 N–H and O–H groups in total. The summed E-state index contributed by atoms with van der Waals surface area (Å²) in [4.78, 5) is 11.3. The number of anilines is 1. The third-order valence-electron chi connectivity index (χ3n) is 3.66. The Bertz CT molecular complexity index is 658. The number of nitrogens with zero attached hydrogens (tertiary/aromatic N) is 3. The molecule has 2 rings (SSSR count). The van der Waals surface area contributed by atoms with Crippen LogP contribution < -0.4 is 10.1 Å². The molecule has 0 saturated carbocycles. The molecule has 134 valence electrons. The molecule has 0 aliphatic carbocycles. The Morgan fingerprint density at radius 2 is 1.80 bits per heavy atom. The van der Waals surface area contributed by atoms with Gasteiger partial charge in [0, 0.05) is 18.3 Å². The molecule has 2 aromatic rings. The second kappa shape index (κ2) is 9.06. The van der Waals surface area contributed by atoms with Crippen molar-refractivity contribution in [1.82, 2.24) is 9.88 Å². The van der Waals surface area contributed by atoms with Crippen LogP contribution in [0.25, 0.3) is 0 Å². The lowest BCUT2D eigenvalue weighted by molar-refractivity contribution is 0.291. The van der Waals surface area contributed by atoms with Gasteiger partial charge >= 0.3 is 0 Å². The summed E-state index contributed by atoms with van der Waals surface area (Å²) in [5.74, 6) is 1.66. The Balaban J connectivity index is 2.35. The lowest BCUT2D eigenvalue weighted by atomic mass is 10.2. The van der Waals surface area contributed by atoms with Gasteiger partial charge in [0.25, 0.3) is 0 Å². The number of aromatic nitrogens is 1. The molecule has 5 heteroatoms. The van der Waals surface area contributed by atoms with Crippen LogP contribution in [0.5, 0.6) is 5.75 Å². The fraction of sp³-hybridized carbons (Fsp3) is 0.400. The standard InChI is InChI=1S/C20H28N4O/c1-6-25-19-11-9-17(10-12-19)22-20(24(15(2)3)16(4)5)23-18-8-7-13-21-14-18/h7-16H,6H2,1-5H3,(H,22,23). The smallest absolute Gasteiger partial charge is 0.204 e. The van der Waals surface area contributed by atoms with Crippen molar-refractivity contribution >= 4 is 17.3 Å². The molecule has 0 saturated heterocycles. The van der Waals surface area contributed by atoms with Crippen LogP contribution in [0, 0.1) is 0 Å². The highest BCUT2D eigenvalue weighted by Crippen LogP contribution is 2.20. The molecule has 25 heavy (non-hydrogen) atoms. The summed E-state index contributed by atoms with van der Waals surface area (Å²) in [7, 11) is 0. The average molecular weight is 340 g/mol. The minimum atomic E-state index is 0.311. The van der Waals surface area contributed by atoms with E-state index in [0.29, 0.717) is 18.7 Å². The van der Waals surface area contributed by atoms with Crippen molar-refractivity contribution in [1.29, 1.82) is 0 Å². The average Bonchev–Trinajstić information content (AvgIpc) is 2.57. The summed E-state index contributed by atoms with van der Waals surface area (Å²) in [5, 5.41) is 3.41. The van der Waals surface area contributed by atoms with Crippen molar-refractivity contribution in [3.63, 3.8) is 0 Å². The number of aliphatic imine (C=N–C) groups is 1. The number of benzene rings is 1. The summed E-state index contributed by atoms with van der Waals surface area (Å²) >= 11 is 0. The van der Waals surface area contributed by atoms with E-state index in [1.165, 1.54) is 0 Å². The first-order valence-electron chi connectivity index (χ1n) is 8.78. The molecule has 1 aromatic carbocycles. The maximum Gasteiger partial charge on any atom is 0.204 e. The van der Waals surface area contributed by atoms with Crippen LogP contribution in [0.15, 0.2) is 53.8 Å². The van der Waals surface area contributed by atoms with Gasteiger partial charge in [-0.1, -0.05) is 0 Å². The van der Waals surface area contributed by atoms with Crippen molar-refractivity contribution in [2.75, 3.05) is 11.9 Å². The lowest BCUT2D eigenvalue weighted by Crippen LogP contribution is -2.45. The number of ether oxygens (including phenoxy) is 1. The van der Waals surface area contributed by atoms with Gasteiger partial charge in [0.1, 0.15) is 5.75 Å². The van der Waals surface area contributed by atoms with Crippen LogP contribution in [0.2, 0.25) is 0 Å². The number of rotatable bonds is 6. The van der Waals surface area contributed by atoms with Crippen LogP contribution in [-0.2, 0) is 0 Å². The van der Waals surface area contributed by atoms with Crippen LogP contribution >= 0.6 is 0 Å². The molecule has 0 radical (unpaired) electrons. The van der Waals surface area contributed by atoms with E-state index in [2.05, 4.69) is 42.9 Å². The molecular formula is C20H28N4O. The second-order valence-corrected chi connectivity index (χ2v) is 6.32. The topological polar surface area (TPSA) is 49.8 Å². The van der Waals surface area contributed by atoms with Crippen molar-refractivity contribution in [3.05, 3.63) is 48.8 Å². The first kappa shape index (κ1) is 18.8. The van der Waals surface area contributed by atoms with Gasteiger partial charge in [-0.25, -0.2) is 4.99 Å². The number of guanidine groups is 1. The maximum atomic E-state index is 5.50. The van der Waals surface area contributed by atoms with Crippen molar-refractivity contribution < 1.29 is 4.74 Å². The van der Waals surface area contributed by atoms with Crippen molar-refractivity contribution in [2.24, 2.45) is 4.99 Å². The van der Waals surface area contributed by atoms with Gasteiger partial charge < -0.3 is 15.0 Å². The number of pyridine rings is 1. The minimum absolute atomic E-state index is 0.311. The quantitative estimate of drug-likeness (QED) is 0.612. The molecule has 0 unspecified atom stereocenters. The summed E-state index contributed by atoms with van der Waals surface area (Å²) in [6.07, 6.45) is 3.56. The predicted molar refractivity (Wildman–Crippen MR) is 105 cm³/mol. The molecule has 0 bridgehead atoms. The van der Waals surface area contributed by atoms with E-state index in [9.17, 15) is 0 Å². The number of nitrogens with one attached hydrogen (secondary N) is 1. The molecule has 0 aliphatic heterocycles. The molecule has 1 aromatic heterocycles. The van der Waals surface area contributed by atoms with Gasteiger partial charge in [-0.2, -0.15) is 0 Å². The summed E-state index contributed by atoms with van der Waals surface area (Å²) in [6.45, 7) is 11.3. The Labute approximate surface area is 150 Å². The zero-order chi connectivity index (χ0) is 18.2. The molecule has 5 nitrogen and oxygen atoms in total. The maximum absolute atomic E-state index is 5.50. The fourth-order valence-electron chi connectivity index (χ4n) is 2.71. The molecule has 0 atom stereocenters. The fourth-order valence-corrected chi connectivity index (χ4v) is 2.71. The normalized spacial score (nSPS) is 11.7. The van der Waals surface area contributed by atoms with Gasteiger partial charge in [0.15, 0.2) is 0 Å². The summed E-state index contributed by atoms with van der Waals surface area (Å²) < 4.78 is 5.50. The highest BCUT2D eigenvalue weighted by molar-refractivity contribution is 5.95.